The van der Waals surface area contributed by atoms with Crippen LogP contribution in [0.2, 0.25) is 0 Å². The van der Waals surface area contributed by atoms with E-state index in [4.69, 9.17) is 0 Å². The molecule has 0 bridgehead atoms. The first-order valence-electron chi connectivity index (χ1n) is 6.72. The number of anilines is 1. The molecule has 0 saturated heterocycles. The molecule has 100 valence electrons. The lowest BCUT2D eigenvalue weighted by atomic mass is 10.1. The van der Waals surface area contributed by atoms with E-state index in [-0.39, 0.29) is 0 Å². The molecule has 0 N–H and O–H groups in total. The van der Waals surface area contributed by atoms with E-state index in [0.717, 1.165) is 35.1 Å². The van der Waals surface area contributed by atoms with Crippen molar-refractivity contribution in [2.75, 3.05) is 11.4 Å². The van der Waals surface area contributed by atoms with Crippen LogP contribution >= 0.6 is 0 Å². The molecular weight excluding hydrogens is 264 g/mol. The van der Waals surface area contributed by atoms with Gasteiger partial charge in [-0.25, -0.2) is 15.0 Å². The van der Waals surface area contributed by atoms with Gasteiger partial charge in [0.2, 0.25) is 5.95 Å². The third kappa shape index (κ3) is 1.31. The van der Waals surface area contributed by atoms with Crippen LogP contribution < -0.4 is 4.90 Å². The topological polar surface area (TPSA) is 59.2 Å². The van der Waals surface area contributed by atoms with Crippen LogP contribution in [0.5, 0.6) is 0 Å². The van der Waals surface area contributed by atoms with Crippen LogP contribution in [-0.4, -0.2) is 31.9 Å². The summed E-state index contributed by atoms with van der Waals surface area (Å²) in [4.78, 5) is 19.7. The highest BCUT2D eigenvalue weighted by Crippen LogP contribution is 2.34. The van der Waals surface area contributed by atoms with Gasteiger partial charge in [0.1, 0.15) is 17.7 Å². The van der Waals surface area contributed by atoms with E-state index in [1.54, 1.807) is 6.20 Å². The van der Waals surface area contributed by atoms with E-state index in [1.807, 2.05) is 24.4 Å². The first kappa shape index (κ1) is 10.7. The monoisotopic (exact) mass is 274 g/mol. The van der Waals surface area contributed by atoms with Gasteiger partial charge >= 0.3 is 0 Å². The Labute approximate surface area is 120 Å². The molecule has 5 rings (SSSR count). The van der Waals surface area contributed by atoms with Gasteiger partial charge < -0.3 is 0 Å². The van der Waals surface area contributed by atoms with E-state index in [1.165, 1.54) is 6.33 Å². The number of hydrogen-bond donors (Lipinski definition) is 0. The molecule has 0 fully saturated rings. The summed E-state index contributed by atoms with van der Waals surface area (Å²) in [6.07, 6.45) is 7.20. The molecular formula is C15H10N6. The fraction of sp³-hybridized carbons (Fsp3) is 0.0667. The molecule has 0 atom stereocenters. The molecule has 3 aromatic rings. The van der Waals surface area contributed by atoms with Crippen LogP contribution in [0.1, 0.15) is 5.56 Å². The zero-order valence-corrected chi connectivity index (χ0v) is 11.0. The van der Waals surface area contributed by atoms with Crippen LogP contribution in [0.3, 0.4) is 0 Å². The standard InChI is InChI=1S/C15H10N6/c1-2-5-11-10(4-1)14-17-6-3-7-20(14)15-19-13-12(21(11)15)8-16-9-18-13/h1-6,8-9H,7H2. The molecule has 2 aliphatic heterocycles. The Kier molecular flexibility index (Phi) is 1.92. The Morgan fingerprint density at radius 3 is 3.10 bits per heavy atom. The Hall–Kier alpha value is -3.02. The van der Waals surface area contributed by atoms with E-state index in [0.29, 0.717) is 5.65 Å². The number of aliphatic imine (C=N–C) groups is 1. The number of imidazole rings is 1. The van der Waals surface area contributed by atoms with Crippen LogP contribution in [0.15, 0.2) is 54.1 Å². The Morgan fingerprint density at radius 2 is 2.10 bits per heavy atom. The average molecular weight is 274 g/mol. The molecule has 0 amide bonds. The van der Waals surface area contributed by atoms with Crippen molar-refractivity contribution in [2.24, 2.45) is 4.99 Å². The fourth-order valence-electron chi connectivity index (χ4n) is 2.91. The van der Waals surface area contributed by atoms with Gasteiger partial charge in [-0.3, -0.25) is 9.47 Å². The number of para-hydroxylation sites is 1. The SMILES string of the molecule is C1=CN=C2c3ccccc3-n3c(nc4ncncc43)N2C1. The summed E-state index contributed by atoms with van der Waals surface area (Å²) in [5.41, 5.74) is 3.77. The zero-order valence-electron chi connectivity index (χ0n) is 11.0. The normalized spacial score (nSPS) is 15.4. The zero-order chi connectivity index (χ0) is 13.8. The number of rotatable bonds is 0. The second-order valence-corrected chi connectivity index (χ2v) is 4.94. The molecule has 2 aliphatic rings. The van der Waals surface area contributed by atoms with Crippen molar-refractivity contribution in [2.45, 2.75) is 0 Å². The van der Waals surface area contributed by atoms with Crippen molar-refractivity contribution < 1.29 is 0 Å². The molecule has 0 aliphatic carbocycles. The number of nitrogens with zero attached hydrogens (tertiary/aromatic N) is 6. The van der Waals surface area contributed by atoms with E-state index >= 15 is 0 Å². The lowest BCUT2D eigenvalue weighted by Crippen LogP contribution is -2.39. The second-order valence-electron chi connectivity index (χ2n) is 4.94. The van der Waals surface area contributed by atoms with Crippen LogP contribution in [0, 0.1) is 0 Å². The number of benzene rings is 1. The molecule has 0 unspecified atom stereocenters. The van der Waals surface area contributed by atoms with Crippen LogP contribution in [-0.2, 0) is 0 Å². The van der Waals surface area contributed by atoms with Crippen molar-refractivity contribution in [3.63, 3.8) is 0 Å². The van der Waals surface area contributed by atoms with Crippen LogP contribution in [0.4, 0.5) is 5.95 Å². The minimum atomic E-state index is 0.700. The molecule has 2 aromatic heterocycles. The summed E-state index contributed by atoms with van der Waals surface area (Å²) in [7, 11) is 0. The van der Waals surface area contributed by atoms with Crippen molar-refractivity contribution in [1.29, 1.82) is 0 Å². The summed E-state index contributed by atoms with van der Waals surface area (Å²) >= 11 is 0. The molecule has 1 aromatic carbocycles. The van der Waals surface area contributed by atoms with Crippen molar-refractivity contribution in [1.82, 2.24) is 19.5 Å². The maximum Gasteiger partial charge on any atom is 0.218 e. The summed E-state index contributed by atoms with van der Waals surface area (Å²) < 4.78 is 2.10. The van der Waals surface area contributed by atoms with Gasteiger partial charge in [0.15, 0.2) is 5.65 Å². The number of hydrogen-bond acceptors (Lipinski definition) is 5. The smallest absolute Gasteiger partial charge is 0.218 e. The third-order valence-corrected chi connectivity index (χ3v) is 3.79. The van der Waals surface area contributed by atoms with E-state index in [9.17, 15) is 0 Å². The first-order valence-corrected chi connectivity index (χ1v) is 6.72. The van der Waals surface area contributed by atoms with Gasteiger partial charge in [0, 0.05) is 18.3 Å². The first-order chi connectivity index (χ1) is 10.4. The molecule has 21 heavy (non-hydrogen) atoms. The van der Waals surface area contributed by atoms with Gasteiger partial charge in [-0.2, -0.15) is 4.98 Å². The maximum absolute atomic E-state index is 4.66. The highest BCUT2D eigenvalue weighted by atomic mass is 15.4. The minimum Gasteiger partial charge on any atom is -0.291 e. The Bertz CT molecular complexity index is 936. The van der Waals surface area contributed by atoms with Crippen LogP contribution in [0.25, 0.3) is 16.9 Å². The van der Waals surface area contributed by atoms with Gasteiger partial charge in [0.05, 0.1) is 11.9 Å². The molecule has 0 radical (unpaired) electrons. The van der Waals surface area contributed by atoms with Gasteiger partial charge in [-0.1, -0.05) is 12.1 Å². The Balaban J connectivity index is 1.95. The highest BCUT2D eigenvalue weighted by Gasteiger charge is 2.31. The molecule has 0 saturated carbocycles. The number of fused-ring (bicyclic) bond motifs is 8. The molecule has 6 nitrogen and oxygen atoms in total. The summed E-state index contributed by atoms with van der Waals surface area (Å²) in [5.74, 6) is 1.77. The maximum atomic E-state index is 4.66. The molecule has 6 heteroatoms. The summed E-state index contributed by atoms with van der Waals surface area (Å²) in [6, 6.07) is 8.20. The largest absolute Gasteiger partial charge is 0.291 e. The van der Waals surface area contributed by atoms with Crippen molar-refractivity contribution in [3.8, 4) is 5.69 Å². The van der Waals surface area contributed by atoms with Crippen molar-refractivity contribution >= 4 is 22.9 Å². The summed E-state index contributed by atoms with van der Waals surface area (Å²) in [5, 5.41) is 0. The third-order valence-electron chi connectivity index (χ3n) is 3.79. The molecule has 0 spiro atoms. The van der Waals surface area contributed by atoms with E-state index < -0.39 is 0 Å². The second kappa shape index (κ2) is 3.76. The predicted octanol–water partition coefficient (Wildman–Crippen LogP) is 1.91. The quantitative estimate of drug-likeness (QED) is 0.628. The van der Waals surface area contributed by atoms with Gasteiger partial charge in [-0.15, -0.1) is 0 Å². The fourth-order valence-corrected chi connectivity index (χ4v) is 2.91. The molecule has 4 heterocycles. The van der Waals surface area contributed by atoms with E-state index in [2.05, 4.69) is 41.5 Å². The van der Waals surface area contributed by atoms with Gasteiger partial charge in [-0.05, 0) is 18.2 Å². The minimum absolute atomic E-state index is 0.700. The predicted molar refractivity (Wildman–Crippen MR) is 79.7 cm³/mol. The van der Waals surface area contributed by atoms with Gasteiger partial charge in [0.25, 0.3) is 0 Å². The lowest BCUT2D eigenvalue weighted by molar-refractivity contribution is 0.944. The Morgan fingerprint density at radius 1 is 1.14 bits per heavy atom. The van der Waals surface area contributed by atoms with Crippen molar-refractivity contribution in [3.05, 3.63) is 54.6 Å². The summed E-state index contributed by atoms with van der Waals surface area (Å²) in [6.45, 7) is 0.754. The lowest BCUT2D eigenvalue weighted by Gasteiger charge is -2.32. The number of amidine groups is 1. The highest BCUT2D eigenvalue weighted by molar-refractivity contribution is 6.15. The number of aromatic nitrogens is 4. The average Bonchev–Trinajstić information content (AvgIpc) is 2.95.